The second kappa shape index (κ2) is 15.7. The third kappa shape index (κ3) is 6.09. The van der Waals surface area contributed by atoms with Gasteiger partial charge >= 0.3 is 0 Å². The molecule has 0 unspecified atom stereocenters. The minimum atomic E-state index is -0.199. The van der Waals surface area contributed by atoms with Gasteiger partial charge in [0, 0.05) is 104 Å². The molecule has 11 aromatic carbocycles. The van der Waals surface area contributed by atoms with Crippen LogP contribution in [-0.2, 0) is 0 Å². The number of para-hydroxylation sites is 6. The van der Waals surface area contributed by atoms with Gasteiger partial charge in [-0.25, -0.2) is 0 Å². The zero-order valence-electron chi connectivity index (χ0n) is 40.4. The van der Waals surface area contributed by atoms with Gasteiger partial charge in [0.25, 0.3) is 13.4 Å². The van der Waals surface area contributed by atoms with Crippen molar-refractivity contribution in [3.63, 3.8) is 0 Å². The molecule has 0 aliphatic carbocycles. The van der Waals surface area contributed by atoms with Crippen molar-refractivity contribution in [1.29, 1.82) is 0 Å². The lowest BCUT2D eigenvalue weighted by atomic mass is 9.31. The Bertz CT molecular complexity index is 4590. The predicted molar refractivity (Wildman–Crippen MR) is 306 cm³/mol. The summed E-state index contributed by atoms with van der Waals surface area (Å²) < 4.78 is 40.4. The number of furan rings is 2. The van der Waals surface area contributed by atoms with Gasteiger partial charge in [-0.1, -0.05) is 115 Å². The lowest BCUT2D eigenvalue weighted by molar-refractivity contribution is 0.443. The Morgan fingerprint density at radius 3 is 1.43 bits per heavy atom. The molecule has 0 bridgehead atoms. The fourth-order valence-corrected chi connectivity index (χ4v) is 12.5. The van der Waals surface area contributed by atoms with Crippen molar-refractivity contribution in [2.24, 2.45) is 0 Å². The highest BCUT2D eigenvalue weighted by atomic mass is 16.5. The lowest BCUT2D eigenvalue weighted by Crippen LogP contribution is -2.63. The molecule has 0 saturated carbocycles. The number of anilines is 6. The van der Waals surface area contributed by atoms with Crippen molar-refractivity contribution >= 4 is 124 Å². The lowest BCUT2D eigenvalue weighted by Gasteiger charge is -2.45. The first-order valence-electron chi connectivity index (χ1n) is 25.6. The Balaban J connectivity index is 0.863. The molecule has 76 heavy (non-hydrogen) atoms. The van der Waals surface area contributed by atoms with Gasteiger partial charge < -0.3 is 37.6 Å². The van der Waals surface area contributed by atoms with Crippen LogP contribution in [0.5, 0.6) is 46.0 Å². The molecule has 0 N–H and O–H groups in total. The van der Waals surface area contributed by atoms with Gasteiger partial charge in [-0.05, 0) is 100 Å². The number of rotatable bonds is 6. The minimum Gasteiger partial charge on any atom is -0.458 e. The Morgan fingerprint density at radius 1 is 0.289 bits per heavy atom. The molecular formula is C66H38B2N2O6. The molecule has 8 nitrogen and oxygen atoms in total. The molecule has 0 amide bonds. The summed E-state index contributed by atoms with van der Waals surface area (Å²) in [7, 11) is 0. The van der Waals surface area contributed by atoms with Crippen LogP contribution in [0.2, 0.25) is 0 Å². The normalized spacial score (nSPS) is 13.4. The Kier molecular flexibility index (Phi) is 8.57. The summed E-state index contributed by atoms with van der Waals surface area (Å²) in [6.07, 6.45) is 0. The largest absolute Gasteiger partial charge is 0.458 e. The van der Waals surface area contributed by atoms with E-state index >= 15 is 0 Å². The van der Waals surface area contributed by atoms with Crippen LogP contribution in [0, 0.1) is 0 Å². The highest BCUT2D eigenvalue weighted by molar-refractivity contribution is 7.02. The van der Waals surface area contributed by atoms with E-state index in [0.717, 1.165) is 106 Å². The minimum absolute atomic E-state index is 0.168. The summed E-state index contributed by atoms with van der Waals surface area (Å²) in [6.45, 7) is -0.367. The van der Waals surface area contributed by atoms with E-state index in [1.165, 1.54) is 16.4 Å². The van der Waals surface area contributed by atoms with Gasteiger partial charge in [-0.3, -0.25) is 0 Å². The van der Waals surface area contributed by atoms with Crippen LogP contribution in [0.1, 0.15) is 0 Å². The molecule has 2 aromatic heterocycles. The highest BCUT2D eigenvalue weighted by Crippen LogP contribution is 2.48. The van der Waals surface area contributed by atoms with E-state index in [-0.39, 0.29) is 13.4 Å². The second-order valence-corrected chi connectivity index (χ2v) is 19.9. The van der Waals surface area contributed by atoms with Gasteiger partial charge in [0.05, 0.1) is 0 Å². The maximum atomic E-state index is 7.23. The first-order valence-corrected chi connectivity index (χ1v) is 25.6. The standard InChI is InChI=1S/C66H38B2N2O6/c1-3-15-39(16-4-1)69-53-23-11-9-21-49(53)67-51-37-52-62(76-64-36-44(35-63-66(64)68(52)50-22-10-14-26-59(50)75-63)72-42-28-30-48-46-20-8-13-25-58(46)74-61(48)34-42)38-54(51)70(40-17-5-2-6-18-40)56-32-43(31-55(69)65(56)67)71-41-27-29-47-45-19-7-12-24-57(45)73-60(47)33-41/h1-38H. The summed E-state index contributed by atoms with van der Waals surface area (Å²) in [6, 6.07) is 79.8. The Morgan fingerprint density at radius 2 is 0.789 bits per heavy atom. The van der Waals surface area contributed by atoms with Crippen LogP contribution in [0.25, 0.3) is 43.9 Å². The molecule has 17 rings (SSSR count). The number of hydrogen-bond donors (Lipinski definition) is 0. The zero-order valence-corrected chi connectivity index (χ0v) is 40.4. The van der Waals surface area contributed by atoms with Crippen molar-refractivity contribution in [3.8, 4) is 46.0 Å². The monoisotopic (exact) mass is 976 g/mol. The average molecular weight is 977 g/mol. The highest BCUT2D eigenvalue weighted by Gasteiger charge is 2.47. The third-order valence-electron chi connectivity index (χ3n) is 15.6. The van der Waals surface area contributed by atoms with Gasteiger partial charge in [0.1, 0.15) is 68.3 Å². The van der Waals surface area contributed by atoms with Gasteiger partial charge in [-0.15, -0.1) is 0 Å². The SMILES string of the molecule is c1ccc(N2c3ccccc3B3c4cc5c(cc4N(c4ccccc4)c4cc(Oc6ccc7c(c6)oc6ccccc67)cc2c43)Oc2cc(Oc3ccc4c(c3)oc3ccccc34)cc3c2B5c2ccccc2O3)cc1. The molecule has 6 heterocycles. The van der Waals surface area contributed by atoms with Crippen LogP contribution in [-0.4, -0.2) is 13.4 Å². The smallest absolute Gasteiger partial charge is 0.260 e. The first-order chi connectivity index (χ1) is 37.6. The van der Waals surface area contributed by atoms with Crippen molar-refractivity contribution < 1.29 is 27.8 Å². The van der Waals surface area contributed by atoms with Gasteiger partial charge in [-0.2, -0.15) is 0 Å². The fraction of sp³-hybridized carbons (Fsp3) is 0. The maximum Gasteiger partial charge on any atom is 0.260 e. The van der Waals surface area contributed by atoms with Gasteiger partial charge in [0.2, 0.25) is 0 Å². The molecule has 13 aromatic rings. The van der Waals surface area contributed by atoms with Crippen molar-refractivity contribution in [2.75, 3.05) is 9.80 Å². The van der Waals surface area contributed by atoms with Crippen LogP contribution < -0.4 is 61.5 Å². The maximum absolute atomic E-state index is 7.23. The summed E-state index contributed by atoms with van der Waals surface area (Å²) in [4.78, 5) is 4.77. The molecule has 4 aliphatic heterocycles. The molecule has 0 atom stereocenters. The third-order valence-corrected chi connectivity index (χ3v) is 15.6. The van der Waals surface area contributed by atoms with Crippen molar-refractivity contribution in [1.82, 2.24) is 0 Å². The Hall–Kier alpha value is -10.1. The molecule has 354 valence electrons. The van der Waals surface area contributed by atoms with E-state index in [1.807, 2.05) is 78.9 Å². The molecule has 4 aliphatic rings. The summed E-state index contributed by atoms with van der Waals surface area (Å²) in [5, 5.41) is 4.22. The molecule has 10 heteroatoms. The van der Waals surface area contributed by atoms with E-state index in [4.69, 9.17) is 27.8 Å². The quantitative estimate of drug-likeness (QED) is 0.153. The average Bonchev–Trinajstić information content (AvgIpc) is 4.12. The van der Waals surface area contributed by atoms with Crippen molar-refractivity contribution in [2.45, 2.75) is 0 Å². The topological polar surface area (TPSA) is 69.7 Å². The van der Waals surface area contributed by atoms with Crippen LogP contribution in [0.4, 0.5) is 34.1 Å². The fourth-order valence-electron chi connectivity index (χ4n) is 12.5. The summed E-state index contributed by atoms with van der Waals surface area (Å²) in [5.41, 5.74) is 16.0. The van der Waals surface area contributed by atoms with E-state index < -0.39 is 0 Å². The van der Waals surface area contributed by atoms with Crippen LogP contribution in [0.3, 0.4) is 0 Å². The van der Waals surface area contributed by atoms with Crippen LogP contribution in [0.15, 0.2) is 239 Å². The number of benzene rings is 11. The van der Waals surface area contributed by atoms with E-state index in [0.29, 0.717) is 34.5 Å². The van der Waals surface area contributed by atoms with Crippen LogP contribution >= 0.6 is 0 Å². The molecule has 0 spiro atoms. The summed E-state index contributed by atoms with van der Waals surface area (Å²) in [5.74, 6) is 5.51. The Labute approximate surface area is 436 Å². The molecular weight excluding hydrogens is 938 g/mol. The molecule has 0 saturated heterocycles. The van der Waals surface area contributed by atoms with Crippen molar-refractivity contribution in [3.05, 3.63) is 231 Å². The number of nitrogens with zero attached hydrogens (tertiary/aromatic N) is 2. The van der Waals surface area contributed by atoms with E-state index in [2.05, 4.69) is 161 Å². The predicted octanol–water partition coefficient (Wildman–Crippen LogP) is 13.9. The molecule has 0 fully saturated rings. The zero-order chi connectivity index (χ0) is 49.6. The second-order valence-electron chi connectivity index (χ2n) is 19.9. The summed E-state index contributed by atoms with van der Waals surface area (Å²) >= 11 is 0. The number of ether oxygens (including phenoxy) is 4. The van der Waals surface area contributed by atoms with Gasteiger partial charge in [0.15, 0.2) is 0 Å². The molecule has 0 radical (unpaired) electrons. The first kappa shape index (κ1) is 41.4. The van der Waals surface area contributed by atoms with E-state index in [9.17, 15) is 0 Å². The van der Waals surface area contributed by atoms with E-state index in [1.54, 1.807) is 0 Å². The number of hydrogen-bond acceptors (Lipinski definition) is 8. The number of fused-ring (bicyclic) bond motifs is 14.